The van der Waals surface area contributed by atoms with Gasteiger partial charge in [-0.1, -0.05) is 12.1 Å². The fourth-order valence-corrected chi connectivity index (χ4v) is 5.40. The summed E-state index contributed by atoms with van der Waals surface area (Å²) in [6, 6.07) is 8.63. The summed E-state index contributed by atoms with van der Waals surface area (Å²) in [5.41, 5.74) is 17.5. The van der Waals surface area contributed by atoms with Crippen LogP contribution in [0.2, 0.25) is 0 Å². The molecule has 0 unspecified atom stereocenters. The van der Waals surface area contributed by atoms with Crippen molar-refractivity contribution in [2.75, 3.05) is 19.3 Å². The highest BCUT2D eigenvalue weighted by Gasteiger charge is 2.08. The van der Waals surface area contributed by atoms with Crippen molar-refractivity contribution in [3.8, 4) is 0 Å². The van der Waals surface area contributed by atoms with Crippen LogP contribution in [0.25, 0.3) is 0 Å². The first-order valence-corrected chi connectivity index (χ1v) is 14.3. The third kappa shape index (κ3) is 8.93. The number of aromatic nitrogens is 2. The maximum atomic E-state index is 5.87. The molecule has 0 saturated carbocycles. The van der Waals surface area contributed by atoms with Crippen molar-refractivity contribution in [2.24, 2.45) is 4.99 Å². The molecule has 2 aromatic carbocycles. The number of thiazole rings is 2. The first-order chi connectivity index (χ1) is 17.5. The molecule has 0 aliphatic carbocycles. The smallest absolute Gasteiger partial charge is 0.0972 e. The summed E-state index contributed by atoms with van der Waals surface area (Å²) in [6.07, 6.45) is 3.71. The van der Waals surface area contributed by atoms with E-state index in [4.69, 9.17) is 5.73 Å². The van der Waals surface area contributed by atoms with Crippen molar-refractivity contribution in [1.29, 1.82) is 0 Å². The summed E-state index contributed by atoms with van der Waals surface area (Å²) in [5, 5.41) is 6.55. The zero-order chi connectivity index (χ0) is 27.1. The van der Waals surface area contributed by atoms with Crippen LogP contribution in [0.1, 0.15) is 61.7 Å². The van der Waals surface area contributed by atoms with Gasteiger partial charge in [0.25, 0.3) is 0 Å². The Morgan fingerprint density at radius 1 is 0.789 bits per heavy atom. The molecule has 0 aliphatic rings. The highest BCUT2D eigenvalue weighted by atomic mass is 35.5. The van der Waals surface area contributed by atoms with Crippen molar-refractivity contribution >= 4 is 52.8 Å². The SMILES string of the molecule is CCN(C)C=Nc1cc(C)c(Cc2nc(C)cs2)cc1C.Cc1csc(Cc2cc(C)c(N)cc2C)n1.Cl. The molecule has 38 heavy (non-hydrogen) atoms. The maximum Gasteiger partial charge on any atom is 0.0972 e. The molecule has 8 heteroatoms. The number of benzene rings is 2. The number of aliphatic imine (C=N–C) groups is 1. The third-order valence-corrected chi connectivity index (χ3v) is 8.22. The van der Waals surface area contributed by atoms with Gasteiger partial charge < -0.3 is 10.6 Å². The molecule has 0 saturated heterocycles. The lowest BCUT2D eigenvalue weighted by Crippen LogP contribution is -2.14. The monoisotopic (exact) mass is 569 g/mol. The molecule has 204 valence electrons. The Labute approximate surface area is 242 Å². The van der Waals surface area contributed by atoms with Gasteiger partial charge in [0.15, 0.2) is 0 Å². The van der Waals surface area contributed by atoms with Gasteiger partial charge in [-0.3, -0.25) is 0 Å². The predicted molar refractivity (Wildman–Crippen MR) is 169 cm³/mol. The van der Waals surface area contributed by atoms with Crippen LogP contribution in [0.15, 0.2) is 40.0 Å². The van der Waals surface area contributed by atoms with E-state index >= 15 is 0 Å². The Morgan fingerprint density at radius 3 is 1.76 bits per heavy atom. The molecule has 4 rings (SSSR count). The van der Waals surface area contributed by atoms with Crippen molar-refractivity contribution in [3.05, 3.63) is 89.8 Å². The molecule has 0 aliphatic heterocycles. The van der Waals surface area contributed by atoms with Gasteiger partial charge in [-0.25, -0.2) is 15.0 Å². The largest absolute Gasteiger partial charge is 0.399 e. The van der Waals surface area contributed by atoms with Gasteiger partial charge in [0.2, 0.25) is 0 Å². The Balaban J connectivity index is 0.000000269. The van der Waals surface area contributed by atoms with Gasteiger partial charge in [0, 0.05) is 54.3 Å². The fourth-order valence-electron chi connectivity index (χ4n) is 3.82. The summed E-state index contributed by atoms with van der Waals surface area (Å²) in [6.45, 7) is 15.6. The molecular weight excluding hydrogens is 530 g/mol. The van der Waals surface area contributed by atoms with Crippen molar-refractivity contribution in [2.45, 2.75) is 61.3 Å². The van der Waals surface area contributed by atoms with Crippen LogP contribution in [0.4, 0.5) is 11.4 Å². The third-order valence-electron chi connectivity index (χ3n) is 6.29. The standard InChI is InChI=1S/C17H23N3S.C13H16N2S.ClH/c1-6-20(5)11-18-16-8-12(2)15(7-13(16)3)9-17-19-14(4)10-21-17;1-8-5-12(14)9(2)4-11(8)6-13-15-10(3)7-16-13;/h7-8,10-11H,6,9H2,1-5H3;4-5,7H,6,14H2,1-3H3;1H. The number of anilines is 1. The Morgan fingerprint density at radius 2 is 1.29 bits per heavy atom. The number of nitrogens with zero attached hydrogens (tertiary/aromatic N) is 4. The van der Waals surface area contributed by atoms with Gasteiger partial charge in [-0.15, -0.1) is 35.1 Å². The second kappa shape index (κ2) is 14.4. The predicted octanol–water partition coefficient (Wildman–Crippen LogP) is 7.93. The highest BCUT2D eigenvalue weighted by molar-refractivity contribution is 7.09. The zero-order valence-corrected chi connectivity index (χ0v) is 26.2. The van der Waals surface area contributed by atoms with E-state index in [0.717, 1.165) is 47.7 Å². The van der Waals surface area contributed by atoms with Crippen LogP contribution in [-0.4, -0.2) is 34.8 Å². The number of nitrogen functional groups attached to an aromatic ring is 1. The molecular formula is C30H40ClN5S2. The van der Waals surface area contributed by atoms with Crippen LogP contribution in [0.5, 0.6) is 0 Å². The number of aryl methyl sites for hydroxylation is 6. The molecule has 0 fully saturated rings. The average molecular weight is 570 g/mol. The van der Waals surface area contributed by atoms with E-state index in [1.807, 2.05) is 40.2 Å². The van der Waals surface area contributed by atoms with Crippen LogP contribution in [-0.2, 0) is 12.8 Å². The van der Waals surface area contributed by atoms with Crippen molar-refractivity contribution in [3.63, 3.8) is 0 Å². The summed E-state index contributed by atoms with van der Waals surface area (Å²) >= 11 is 3.45. The quantitative estimate of drug-likeness (QED) is 0.139. The summed E-state index contributed by atoms with van der Waals surface area (Å²) in [7, 11) is 2.03. The number of nitrogens with two attached hydrogens (primary N) is 1. The minimum Gasteiger partial charge on any atom is -0.399 e. The number of hydrogen-bond donors (Lipinski definition) is 1. The van der Waals surface area contributed by atoms with Gasteiger partial charge in [0.1, 0.15) is 0 Å². The zero-order valence-electron chi connectivity index (χ0n) is 23.8. The lowest BCUT2D eigenvalue weighted by molar-refractivity contribution is 0.552. The number of rotatable bonds is 7. The van der Waals surface area contributed by atoms with E-state index in [1.165, 1.54) is 37.8 Å². The molecule has 0 spiro atoms. The molecule has 2 aromatic heterocycles. The normalized spacial score (nSPS) is 10.7. The van der Waals surface area contributed by atoms with Gasteiger partial charge in [-0.05, 0) is 94.0 Å². The Hall–Kier alpha value is -2.74. The Kier molecular flexibility index (Phi) is 11.9. The lowest BCUT2D eigenvalue weighted by atomic mass is 10.0. The molecule has 0 bridgehead atoms. The molecule has 0 amide bonds. The highest BCUT2D eigenvalue weighted by Crippen LogP contribution is 2.26. The lowest BCUT2D eigenvalue weighted by Gasteiger charge is -2.11. The number of halogens is 1. The van der Waals surface area contributed by atoms with E-state index < -0.39 is 0 Å². The van der Waals surface area contributed by atoms with E-state index in [-0.39, 0.29) is 12.4 Å². The average Bonchev–Trinajstić information content (AvgIpc) is 3.46. The first kappa shape index (κ1) is 31.5. The minimum absolute atomic E-state index is 0. The molecule has 0 atom stereocenters. The van der Waals surface area contributed by atoms with Gasteiger partial charge in [-0.2, -0.15) is 0 Å². The fraction of sp³-hybridized carbons (Fsp3) is 0.367. The first-order valence-electron chi connectivity index (χ1n) is 12.6. The summed E-state index contributed by atoms with van der Waals surface area (Å²) < 4.78 is 0. The van der Waals surface area contributed by atoms with E-state index in [2.05, 4.69) is 76.5 Å². The van der Waals surface area contributed by atoms with Crippen LogP contribution >= 0.6 is 35.1 Å². The maximum absolute atomic E-state index is 5.87. The van der Waals surface area contributed by atoms with Crippen LogP contribution < -0.4 is 5.73 Å². The molecule has 2 N–H and O–H groups in total. The van der Waals surface area contributed by atoms with Crippen molar-refractivity contribution in [1.82, 2.24) is 14.9 Å². The van der Waals surface area contributed by atoms with Crippen molar-refractivity contribution < 1.29 is 0 Å². The van der Waals surface area contributed by atoms with E-state index in [1.54, 1.807) is 22.7 Å². The summed E-state index contributed by atoms with van der Waals surface area (Å²) in [5.74, 6) is 0. The van der Waals surface area contributed by atoms with Crippen LogP contribution in [0.3, 0.4) is 0 Å². The van der Waals surface area contributed by atoms with E-state index in [9.17, 15) is 0 Å². The second-order valence-corrected chi connectivity index (χ2v) is 11.5. The topological polar surface area (TPSA) is 67.4 Å². The molecule has 2 heterocycles. The minimum atomic E-state index is 0. The molecule has 5 nitrogen and oxygen atoms in total. The molecule has 4 aromatic rings. The second-order valence-electron chi connectivity index (χ2n) is 9.64. The Bertz CT molecular complexity index is 1370. The van der Waals surface area contributed by atoms with Gasteiger partial charge in [0.05, 0.1) is 22.0 Å². The van der Waals surface area contributed by atoms with Gasteiger partial charge >= 0.3 is 0 Å². The van der Waals surface area contributed by atoms with Crippen LogP contribution in [0, 0.1) is 41.5 Å². The molecule has 0 radical (unpaired) electrons. The number of hydrogen-bond acceptors (Lipinski definition) is 6. The van der Waals surface area contributed by atoms with E-state index in [0.29, 0.717) is 0 Å². The summed E-state index contributed by atoms with van der Waals surface area (Å²) in [4.78, 5) is 15.7.